The molecule has 0 saturated carbocycles. The van der Waals surface area contributed by atoms with Gasteiger partial charge in [-0.1, -0.05) is 0 Å². The maximum Gasteiger partial charge on any atom is 0.301 e. The average molecular weight is 184 g/mol. The van der Waals surface area contributed by atoms with E-state index in [1.165, 1.54) is 6.26 Å². The van der Waals surface area contributed by atoms with Crippen LogP contribution in [0.5, 0.6) is 0 Å². The van der Waals surface area contributed by atoms with E-state index in [1.54, 1.807) is 12.3 Å². The van der Waals surface area contributed by atoms with Gasteiger partial charge in [0.2, 0.25) is 0 Å². The van der Waals surface area contributed by atoms with Crippen molar-refractivity contribution in [3.05, 3.63) is 23.5 Å². The molecule has 0 fully saturated rings. The second kappa shape index (κ2) is 2.20. The van der Waals surface area contributed by atoms with E-state index >= 15 is 0 Å². The van der Waals surface area contributed by atoms with Gasteiger partial charge in [-0.05, 0) is 11.6 Å². The number of carbonyl (C=O) groups is 1. The predicted molar refractivity (Wildman–Crippen MR) is 45.3 cm³/mol. The monoisotopic (exact) mass is 184 g/mol. The molecule has 1 unspecified atom stereocenters. The third-order valence-corrected chi connectivity index (χ3v) is 3.15. The van der Waals surface area contributed by atoms with E-state index in [1.807, 2.05) is 0 Å². The van der Waals surface area contributed by atoms with Crippen LogP contribution in [0.3, 0.4) is 0 Å². The van der Waals surface area contributed by atoms with Crippen molar-refractivity contribution >= 4 is 15.6 Å². The molecule has 12 heavy (non-hydrogen) atoms. The second-order valence-corrected chi connectivity index (χ2v) is 5.27. The maximum atomic E-state index is 11.5. The molecule has 0 saturated heterocycles. The number of aromatic amines is 1. The molecule has 1 aliphatic rings. The van der Waals surface area contributed by atoms with E-state index in [9.17, 15) is 9.00 Å². The van der Waals surface area contributed by atoms with Crippen LogP contribution in [-0.2, 0) is 15.5 Å². The van der Waals surface area contributed by atoms with Crippen LogP contribution in [0.15, 0.2) is 16.6 Å². The van der Waals surface area contributed by atoms with Crippen molar-refractivity contribution in [1.82, 2.24) is 4.98 Å². The number of H-pyrrole nitrogens is 1. The molecule has 1 aliphatic heterocycles. The molecule has 0 aromatic carbocycles. The third kappa shape index (κ3) is 1.06. The number of rotatable bonds is 0. The number of nitrogens with zero attached hydrogens (tertiary/aromatic N) is 1. The highest BCUT2D eigenvalue weighted by molar-refractivity contribution is 7.92. The summed E-state index contributed by atoms with van der Waals surface area (Å²) in [6.07, 6.45) is 3.17. The molecule has 1 aromatic heterocycles. The Labute approximate surface area is 70.2 Å². The number of hydrogen-bond donors (Lipinski definition) is 1. The number of fused-ring (bicyclic) bond motifs is 1. The van der Waals surface area contributed by atoms with E-state index in [2.05, 4.69) is 9.35 Å². The average Bonchev–Trinajstić information content (AvgIpc) is 2.31. The molecule has 0 bridgehead atoms. The van der Waals surface area contributed by atoms with Crippen LogP contribution in [0.4, 0.5) is 0 Å². The van der Waals surface area contributed by atoms with Gasteiger partial charge < -0.3 is 4.98 Å². The van der Waals surface area contributed by atoms with Crippen LogP contribution >= 0.6 is 0 Å². The summed E-state index contributed by atoms with van der Waals surface area (Å²) in [5, 5.41) is 0. The van der Waals surface area contributed by atoms with Crippen molar-refractivity contribution < 1.29 is 9.00 Å². The summed E-state index contributed by atoms with van der Waals surface area (Å²) in [5.74, 6) is -0.0221. The minimum Gasteiger partial charge on any atom is -0.357 e. The van der Waals surface area contributed by atoms with Crippen molar-refractivity contribution in [2.75, 3.05) is 6.26 Å². The molecule has 5 heteroatoms. The summed E-state index contributed by atoms with van der Waals surface area (Å²) in [4.78, 5) is 14.0. The van der Waals surface area contributed by atoms with Gasteiger partial charge in [0.25, 0.3) is 0 Å². The van der Waals surface area contributed by atoms with Crippen LogP contribution < -0.4 is 0 Å². The molecule has 0 radical (unpaired) electrons. The Morgan fingerprint density at radius 3 is 3.17 bits per heavy atom. The highest BCUT2D eigenvalue weighted by Gasteiger charge is 2.21. The first-order chi connectivity index (χ1) is 5.58. The Morgan fingerprint density at radius 1 is 1.67 bits per heavy atom. The van der Waals surface area contributed by atoms with Crippen molar-refractivity contribution in [2.45, 2.75) is 5.75 Å². The van der Waals surface area contributed by atoms with Gasteiger partial charge >= 0.3 is 5.91 Å². The first-order valence-electron chi connectivity index (χ1n) is 3.49. The van der Waals surface area contributed by atoms with Crippen LogP contribution in [-0.4, -0.2) is 21.4 Å². The standard InChI is InChI=1S/C7H8N2O2S/c1-12(11)4-5-2-3-8-6(5)7(10)9-12/h2-3,8H,4H2,1H3. The van der Waals surface area contributed by atoms with Crippen LogP contribution in [0.25, 0.3) is 0 Å². The molecule has 64 valence electrons. The Morgan fingerprint density at radius 2 is 2.42 bits per heavy atom. The molecule has 2 heterocycles. The highest BCUT2D eigenvalue weighted by Crippen LogP contribution is 2.18. The molecule has 2 rings (SSSR count). The fourth-order valence-electron chi connectivity index (χ4n) is 1.26. The number of amides is 1. The predicted octanol–water partition coefficient (Wildman–Crippen LogP) is 0.766. The summed E-state index contributed by atoms with van der Waals surface area (Å²) in [6, 6.07) is 1.77. The maximum absolute atomic E-state index is 11.5. The lowest BCUT2D eigenvalue weighted by Gasteiger charge is -2.08. The first kappa shape index (κ1) is 7.54. The molecule has 1 N–H and O–H groups in total. The van der Waals surface area contributed by atoms with Crippen LogP contribution in [0.2, 0.25) is 0 Å². The van der Waals surface area contributed by atoms with Crippen molar-refractivity contribution in [3.8, 4) is 0 Å². The van der Waals surface area contributed by atoms with Gasteiger partial charge in [-0.25, -0.2) is 4.21 Å². The van der Waals surface area contributed by atoms with E-state index in [0.717, 1.165) is 5.56 Å². The third-order valence-electron chi connectivity index (χ3n) is 1.75. The first-order valence-corrected chi connectivity index (χ1v) is 5.58. The minimum absolute atomic E-state index is 0.373. The lowest BCUT2D eigenvalue weighted by atomic mass is 10.2. The SMILES string of the molecule is CS1(=O)=NC(=O)c2[nH]ccc2C1. The fraction of sp³-hybridized carbons (Fsp3) is 0.286. The molecule has 1 aromatic rings. The summed E-state index contributed by atoms with van der Waals surface area (Å²) in [6.45, 7) is 0. The van der Waals surface area contributed by atoms with Gasteiger partial charge in [-0.3, -0.25) is 4.79 Å². The van der Waals surface area contributed by atoms with Gasteiger partial charge in [-0.2, -0.15) is 4.36 Å². The molecule has 0 aliphatic carbocycles. The molecular weight excluding hydrogens is 176 g/mol. The number of hydrogen-bond acceptors (Lipinski definition) is 2. The summed E-state index contributed by atoms with van der Waals surface area (Å²) >= 11 is 0. The zero-order valence-corrected chi connectivity index (χ0v) is 7.35. The second-order valence-electron chi connectivity index (χ2n) is 2.88. The van der Waals surface area contributed by atoms with E-state index < -0.39 is 15.6 Å². The Balaban J connectivity index is 2.65. The van der Waals surface area contributed by atoms with Crippen LogP contribution in [0.1, 0.15) is 16.1 Å². The topological polar surface area (TPSA) is 62.3 Å². The lowest BCUT2D eigenvalue weighted by Crippen LogP contribution is -2.14. The fourth-order valence-corrected chi connectivity index (χ4v) is 2.59. The normalized spacial score (nSPS) is 27.9. The molecule has 4 nitrogen and oxygen atoms in total. The molecule has 1 amide bonds. The van der Waals surface area contributed by atoms with Gasteiger partial charge in [0, 0.05) is 12.5 Å². The smallest absolute Gasteiger partial charge is 0.301 e. The van der Waals surface area contributed by atoms with E-state index in [0.29, 0.717) is 11.4 Å². The van der Waals surface area contributed by atoms with E-state index in [-0.39, 0.29) is 0 Å². The Hall–Kier alpha value is -1.10. The lowest BCUT2D eigenvalue weighted by molar-refractivity contribution is 0.0999. The zero-order valence-electron chi connectivity index (χ0n) is 6.53. The van der Waals surface area contributed by atoms with Gasteiger partial charge in [0.05, 0.1) is 15.5 Å². The van der Waals surface area contributed by atoms with Crippen LogP contribution in [0, 0.1) is 0 Å². The van der Waals surface area contributed by atoms with Crippen molar-refractivity contribution in [3.63, 3.8) is 0 Å². The van der Waals surface area contributed by atoms with Gasteiger partial charge in [0.15, 0.2) is 0 Å². The number of aromatic nitrogens is 1. The molecular formula is C7H8N2O2S. The summed E-state index contributed by atoms with van der Waals surface area (Å²) in [5.41, 5.74) is 1.29. The van der Waals surface area contributed by atoms with E-state index in [4.69, 9.17) is 0 Å². The number of carbonyl (C=O) groups excluding carboxylic acids is 1. The Kier molecular flexibility index (Phi) is 1.38. The summed E-state index contributed by atoms with van der Waals surface area (Å²) in [7, 11) is -2.31. The quantitative estimate of drug-likeness (QED) is 0.647. The van der Waals surface area contributed by atoms with Crippen molar-refractivity contribution in [1.29, 1.82) is 0 Å². The Bertz CT molecular complexity index is 452. The number of nitrogens with one attached hydrogen (secondary N) is 1. The van der Waals surface area contributed by atoms with Gasteiger partial charge in [0.1, 0.15) is 5.69 Å². The summed E-state index contributed by atoms with van der Waals surface area (Å²) < 4.78 is 15.1. The van der Waals surface area contributed by atoms with Gasteiger partial charge in [-0.15, -0.1) is 0 Å². The minimum atomic E-state index is -2.31. The highest BCUT2D eigenvalue weighted by atomic mass is 32.2. The molecule has 1 atom stereocenters. The largest absolute Gasteiger partial charge is 0.357 e. The molecule has 0 spiro atoms. The van der Waals surface area contributed by atoms with Crippen molar-refractivity contribution in [2.24, 2.45) is 4.36 Å². The zero-order chi connectivity index (χ0) is 8.77.